The molecule has 4 nitrogen and oxygen atoms in total. The summed E-state index contributed by atoms with van der Waals surface area (Å²) in [5, 5.41) is 12.2. The van der Waals surface area contributed by atoms with Crippen molar-refractivity contribution in [1.29, 1.82) is 5.26 Å². The van der Waals surface area contributed by atoms with E-state index in [2.05, 4.69) is 23.3 Å². The zero-order chi connectivity index (χ0) is 14.0. The summed E-state index contributed by atoms with van der Waals surface area (Å²) in [4.78, 5) is 14.6. The van der Waals surface area contributed by atoms with Crippen molar-refractivity contribution in [3.05, 3.63) is 0 Å². The molecule has 106 valence electrons. The van der Waals surface area contributed by atoms with E-state index in [0.717, 1.165) is 12.8 Å². The van der Waals surface area contributed by atoms with Crippen molar-refractivity contribution in [3.63, 3.8) is 0 Å². The van der Waals surface area contributed by atoms with Crippen LogP contribution in [0.5, 0.6) is 0 Å². The fourth-order valence-electron chi connectivity index (χ4n) is 3.54. The minimum atomic E-state index is -0.514. The molecule has 0 aromatic heterocycles. The smallest absolute Gasteiger partial charge is 0.237 e. The predicted octanol–water partition coefficient (Wildman–Crippen LogP) is 1.91. The number of nitrogens with one attached hydrogen (secondary N) is 1. The molecule has 3 atom stereocenters. The van der Waals surface area contributed by atoms with Crippen LogP contribution in [0, 0.1) is 23.2 Å². The Hall–Kier alpha value is -1.08. The minimum absolute atomic E-state index is 0.0786. The van der Waals surface area contributed by atoms with Crippen LogP contribution in [-0.2, 0) is 4.79 Å². The van der Waals surface area contributed by atoms with Crippen molar-refractivity contribution in [2.75, 3.05) is 7.05 Å². The second-order valence-electron chi connectivity index (χ2n) is 6.43. The molecule has 1 N–H and O–H groups in total. The Morgan fingerprint density at radius 1 is 1.32 bits per heavy atom. The molecule has 4 heteroatoms. The van der Waals surface area contributed by atoms with Gasteiger partial charge in [-0.3, -0.25) is 4.79 Å². The second-order valence-corrected chi connectivity index (χ2v) is 6.43. The number of carbonyl (C=O) groups is 1. The Morgan fingerprint density at radius 2 is 1.89 bits per heavy atom. The van der Waals surface area contributed by atoms with Crippen LogP contribution in [0.25, 0.3) is 0 Å². The normalized spacial score (nSPS) is 32.7. The Labute approximate surface area is 116 Å². The summed E-state index contributed by atoms with van der Waals surface area (Å²) in [7, 11) is 2.21. The zero-order valence-electron chi connectivity index (χ0n) is 12.2. The van der Waals surface area contributed by atoms with E-state index >= 15 is 0 Å². The number of rotatable bonds is 3. The predicted molar refractivity (Wildman–Crippen MR) is 74.3 cm³/mol. The average molecular weight is 263 g/mol. The van der Waals surface area contributed by atoms with Gasteiger partial charge in [-0.1, -0.05) is 20.3 Å². The largest absolute Gasteiger partial charge is 0.352 e. The number of nitriles is 1. The van der Waals surface area contributed by atoms with E-state index in [1.54, 1.807) is 0 Å². The van der Waals surface area contributed by atoms with Gasteiger partial charge >= 0.3 is 0 Å². The highest BCUT2D eigenvalue weighted by Gasteiger charge is 2.37. The van der Waals surface area contributed by atoms with Gasteiger partial charge in [-0.2, -0.15) is 5.26 Å². The molecule has 3 unspecified atom stereocenters. The van der Waals surface area contributed by atoms with Gasteiger partial charge < -0.3 is 10.2 Å². The molecule has 0 spiro atoms. The highest BCUT2D eigenvalue weighted by Crippen LogP contribution is 2.32. The van der Waals surface area contributed by atoms with Crippen molar-refractivity contribution < 1.29 is 4.79 Å². The first-order valence-electron chi connectivity index (χ1n) is 7.44. The summed E-state index contributed by atoms with van der Waals surface area (Å²) >= 11 is 0. The number of carbonyl (C=O) groups excluding carboxylic acids is 1. The van der Waals surface area contributed by atoms with E-state index in [9.17, 15) is 4.79 Å². The number of hydrogen-bond donors (Lipinski definition) is 1. The molecule has 0 aromatic rings. The number of nitrogens with zero attached hydrogens (tertiary/aromatic N) is 2. The lowest BCUT2D eigenvalue weighted by atomic mass is 9.82. The molecule has 2 rings (SSSR count). The monoisotopic (exact) mass is 263 g/mol. The van der Waals surface area contributed by atoms with Crippen molar-refractivity contribution >= 4 is 5.91 Å². The number of fused-ring (bicyclic) bond motifs is 2. The zero-order valence-corrected chi connectivity index (χ0v) is 12.2. The Bertz CT molecular complexity index is 360. The van der Waals surface area contributed by atoms with Crippen molar-refractivity contribution in [3.8, 4) is 6.07 Å². The summed E-state index contributed by atoms with van der Waals surface area (Å²) in [5.74, 6) is -0.514. The molecule has 19 heavy (non-hydrogen) atoms. The lowest BCUT2D eigenvalue weighted by Gasteiger charge is -2.47. The van der Waals surface area contributed by atoms with E-state index in [-0.39, 0.29) is 17.9 Å². The van der Waals surface area contributed by atoms with Crippen LogP contribution in [0.4, 0.5) is 0 Å². The molecule has 1 amide bonds. The Balaban J connectivity index is 1.94. The van der Waals surface area contributed by atoms with E-state index in [0.29, 0.717) is 12.1 Å². The fraction of sp³-hybridized carbons (Fsp3) is 0.867. The summed E-state index contributed by atoms with van der Waals surface area (Å²) in [6.07, 6.45) is 5.87. The van der Waals surface area contributed by atoms with E-state index in [4.69, 9.17) is 5.26 Å². The Kier molecular flexibility index (Phi) is 4.46. The summed E-state index contributed by atoms with van der Waals surface area (Å²) in [5.41, 5.74) is 0. The van der Waals surface area contributed by atoms with E-state index < -0.39 is 5.92 Å². The molecule has 2 heterocycles. The van der Waals surface area contributed by atoms with Crippen LogP contribution in [-0.4, -0.2) is 36.0 Å². The highest BCUT2D eigenvalue weighted by atomic mass is 16.1. The van der Waals surface area contributed by atoms with E-state index in [1.807, 2.05) is 13.8 Å². The maximum absolute atomic E-state index is 12.1. The molecule has 0 aliphatic carbocycles. The van der Waals surface area contributed by atoms with Gasteiger partial charge in [0.2, 0.25) is 5.91 Å². The molecule has 2 bridgehead atoms. The molecule has 0 radical (unpaired) electrons. The van der Waals surface area contributed by atoms with Crippen LogP contribution >= 0.6 is 0 Å². The first kappa shape index (κ1) is 14.3. The summed E-state index contributed by atoms with van der Waals surface area (Å²) in [6, 6.07) is 3.60. The Morgan fingerprint density at radius 3 is 2.37 bits per heavy atom. The molecule has 2 fully saturated rings. The topological polar surface area (TPSA) is 56.1 Å². The quantitative estimate of drug-likeness (QED) is 0.846. The SMILES string of the molecule is CC(C)C(C#N)C(=O)NC1CC2CCCC(C1)N2C. The third kappa shape index (κ3) is 3.09. The standard InChI is InChI=1S/C15H25N3O/c1-10(2)14(9-16)15(19)17-11-7-12-5-4-6-13(8-11)18(12)3/h10-14H,4-8H2,1-3H3,(H,17,19). The minimum Gasteiger partial charge on any atom is -0.352 e. The third-order valence-corrected chi connectivity index (χ3v) is 4.77. The highest BCUT2D eigenvalue weighted by molar-refractivity contribution is 5.81. The average Bonchev–Trinajstić information content (AvgIpc) is 2.30. The van der Waals surface area contributed by atoms with Gasteiger partial charge in [0.05, 0.1) is 6.07 Å². The number of hydrogen-bond acceptors (Lipinski definition) is 3. The van der Waals surface area contributed by atoms with Crippen molar-refractivity contribution in [2.45, 2.75) is 64.1 Å². The van der Waals surface area contributed by atoms with Crippen molar-refractivity contribution in [1.82, 2.24) is 10.2 Å². The fourth-order valence-corrected chi connectivity index (χ4v) is 3.54. The van der Waals surface area contributed by atoms with Gasteiger partial charge in [-0.05, 0) is 38.6 Å². The maximum Gasteiger partial charge on any atom is 0.237 e. The first-order chi connectivity index (χ1) is 9.02. The number of piperidine rings is 2. The lowest BCUT2D eigenvalue weighted by molar-refractivity contribution is -0.125. The molecule has 0 saturated carbocycles. The first-order valence-corrected chi connectivity index (χ1v) is 7.44. The molecular formula is C15H25N3O. The molecule has 2 aliphatic rings. The lowest BCUT2D eigenvalue weighted by Crippen LogP contribution is -2.56. The van der Waals surface area contributed by atoms with Crippen LogP contribution in [0.2, 0.25) is 0 Å². The van der Waals surface area contributed by atoms with Crippen molar-refractivity contribution in [2.24, 2.45) is 11.8 Å². The van der Waals surface area contributed by atoms with Gasteiger partial charge in [0, 0.05) is 18.1 Å². The number of amides is 1. The third-order valence-electron chi connectivity index (χ3n) is 4.77. The summed E-state index contributed by atoms with van der Waals surface area (Å²) in [6.45, 7) is 3.85. The van der Waals surface area contributed by atoms with Gasteiger partial charge in [0.25, 0.3) is 0 Å². The second kappa shape index (κ2) is 5.92. The summed E-state index contributed by atoms with van der Waals surface area (Å²) < 4.78 is 0. The maximum atomic E-state index is 12.1. The molecule has 0 aromatic carbocycles. The van der Waals surface area contributed by atoms with Crippen LogP contribution in [0.3, 0.4) is 0 Å². The molecule has 2 aliphatic heterocycles. The molecular weight excluding hydrogens is 238 g/mol. The van der Waals surface area contributed by atoms with Crippen LogP contribution in [0.15, 0.2) is 0 Å². The van der Waals surface area contributed by atoms with Crippen LogP contribution < -0.4 is 5.32 Å². The van der Waals surface area contributed by atoms with E-state index in [1.165, 1.54) is 19.3 Å². The van der Waals surface area contributed by atoms with Gasteiger partial charge in [-0.15, -0.1) is 0 Å². The van der Waals surface area contributed by atoms with Gasteiger partial charge in [0.1, 0.15) is 5.92 Å². The molecule has 2 saturated heterocycles. The van der Waals surface area contributed by atoms with Gasteiger partial charge in [-0.25, -0.2) is 0 Å². The van der Waals surface area contributed by atoms with Gasteiger partial charge in [0.15, 0.2) is 0 Å². The van der Waals surface area contributed by atoms with Crippen LogP contribution in [0.1, 0.15) is 46.0 Å².